The van der Waals surface area contributed by atoms with E-state index in [2.05, 4.69) is 6.92 Å². The van der Waals surface area contributed by atoms with Crippen molar-refractivity contribution in [2.75, 3.05) is 0 Å². The lowest BCUT2D eigenvalue weighted by Crippen LogP contribution is -1.89. The fourth-order valence-corrected chi connectivity index (χ4v) is 1.14. The second kappa shape index (κ2) is 1.81. The molecule has 0 nitrogen and oxygen atoms in total. The topological polar surface area (TPSA) is 0 Å². The van der Waals surface area contributed by atoms with Crippen LogP contribution < -0.4 is 0 Å². The zero-order valence-corrected chi connectivity index (χ0v) is 4.65. The number of alkyl halides is 1. The van der Waals surface area contributed by atoms with Crippen molar-refractivity contribution in [2.24, 2.45) is 5.92 Å². The molecule has 1 aliphatic rings. The van der Waals surface area contributed by atoms with Crippen LogP contribution in [0.5, 0.6) is 0 Å². The molecular formula is C6H11F. The maximum Gasteiger partial charge on any atom is 0.100 e. The van der Waals surface area contributed by atoms with Gasteiger partial charge in [-0.2, -0.15) is 0 Å². The first-order valence-electron chi connectivity index (χ1n) is 2.93. The summed E-state index contributed by atoms with van der Waals surface area (Å²) in [6.07, 6.45) is 2.23. The average molecular weight is 102 g/mol. The normalized spacial score (nSPS) is 42.0. The van der Waals surface area contributed by atoms with Gasteiger partial charge >= 0.3 is 0 Å². The van der Waals surface area contributed by atoms with Crippen molar-refractivity contribution in [3.8, 4) is 0 Å². The molecule has 0 radical (unpaired) electrons. The van der Waals surface area contributed by atoms with Gasteiger partial charge in [-0.05, 0) is 25.2 Å². The summed E-state index contributed by atoms with van der Waals surface area (Å²) in [6.45, 7) is 2.11. The zero-order chi connectivity index (χ0) is 5.28. The van der Waals surface area contributed by atoms with Crippen LogP contribution in [0.15, 0.2) is 0 Å². The highest BCUT2D eigenvalue weighted by Crippen LogP contribution is 2.26. The van der Waals surface area contributed by atoms with Crippen LogP contribution in [0.3, 0.4) is 0 Å². The van der Waals surface area contributed by atoms with E-state index in [1.807, 2.05) is 0 Å². The van der Waals surface area contributed by atoms with Gasteiger partial charge in [0.15, 0.2) is 0 Å². The maximum atomic E-state index is 12.2. The monoisotopic (exact) mass is 102 g/mol. The largest absolute Gasteiger partial charge is 0.247 e. The van der Waals surface area contributed by atoms with E-state index in [9.17, 15) is 4.39 Å². The van der Waals surface area contributed by atoms with Crippen molar-refractivity contribution in [3.05, 3.63) is 0 Å². The number of hydrogen-bond donors (Lipinski definition) is 0. The van der Waals surface area contributed by atoms with E-state index in [1.54, 1.807) is 0 Å². The minimum atomic E-state index is -0.477. The maximum absolute atomic E-state index is 12.2. The molecule has 1 rings (SSSR count). The highest BCUT2D eigenvalue weighted by Gasteiger charge is 2.19. The van der Waals surface area contributed by atoms with Crippen molar-refractivity contribution >= 4 is 0 Å². The van der Waals surface area contributed by atoms with Gasteiger partial charge in [-0.15, -0.1) is 0 Å². The van der Waals surface area contributed by atoms with Crippen molar-refractivity contribution in [1.82, 2.24) is 0 Å². The second-order valence-electron chi connectivity index (χ2n) is 2.52. The van der Waals surface area contributed by atoms with Crippen LogP contribution in [0.1, 0.15) is 26.2 Å². The summed E-state index contributed by atoms with van der Waals surface area (Å²) in [6, 6.07) is 0. The van der Waals surface area contributed by atoms with Crippen molar-refractivity contribution in [1.29, 1.82) is 0 Å². The van der Waals surface area contributed by atoms with Gasteiger partial charge in [-0.25, -0.2) is 4.39 Å². The fraction of sp³-hybridized carbons (Fsp3) is 1.00. The first-order valence-corrected chi connectivity index (χ1v) is 2.93. The standard InChI is InChI=1S/C6H11F/c1-5-2-3-6(7)4-5/h5-6H,2-4H2,1H3. The van der Waals surface area contributed by atoms with Gasteiger partial charge in [0.1, 0.15) is 6.17 Å². The third kappa shape index (κ3) is 1.15. The van der Waals surface area contributed by atoms with Gasteiger partial charge in [0.2, 0.25) is 0 Å². The summed E-state index contributed by atoms with van der Waals surface area (Å²) in [7, 11) is 0. The Kier molecular flexibility index (Phi) is 1.31. The van der Waals surface area contributed by atoms with E-state index in [0.29, 0.717) is 5.92 Å². The molecule has 1 heteroatoms. The lowest BCUT2D eigenvalue weighted by molar-refractivity contribution is 0.334. The quantitative estimate of drug-likeness (QED) is 0.439. The van der Waals surface area contributed by atoms with E-state index < -0.39 is 6.17 Å². The lowest BCUT2D eigenvalue weighted by atomic mass is 10.1. The van der Waals surface area contributed by atoms with Gasteiger partial charge < -0.3 is 0 Å². The Bertz CT molecular complexity index is 53.2. The minimum absolute atomic E-state index is 0.477. The second-order valence-corrected chi connectivity index (χ2v) is 2.52. The molecule has 0 aromatic rings. The van der Waals surface area contributed by atoms with Crippen LogP contribution in [0.2, 0.25) is 0 Å². The van der Waals surface area contributed by atoms with Crippen molar-refractivity contribution in [2.45, 2.75) is 32.4 Å². The molecule has 2 atom stereocenters. The number of halogens is 1. The number of rotatable bonds is 0. The molecule has 1 fully saturated rings. The molecular weight excluding hydrogens is 91.1 g/mol. The van der Waals surface area contributed by atoms with Crippen LogP contribution in [0.25, 0.3) is 0 Å². The third-order valence-corrected chi connectivity index (χ3v) is 1.63. The third-order valence-electron chi connectivity index (χ3n) is 1.63. The van der Waals surface area contributed by atoms with Crippen LogP contribution >= 0.6 is 0 Å². The van der Waals surface area contributed by atoms with E-state index in [1.165, 1.54) is 0 Å². The predicted octanol–water partition coefficient (Wildman–Crippen LogP) is 2.14. The first-order chi connectivity index (χ1) is 3.29. The highest BCUT2D eigenvalue weighted by atomic mass is 19.1. The summed E-state index contributed by atoms with van der Waals surface area (Å²) in [4.78, 5) is 0. The number of hydrogen-bond acceptors (Lipinski definition) is 0. The molecule has 0 aliphatic heterocycles. The SMILES string of the molecule is CC1CCC(F)C1. The fourth-order valence-electron chi connectivity index (χ4n) is 1.14. The molecule has 7 heavy (non-hydrogen) atoms. The molecule has 0 spiro atoms. The molecule has 0 amide bonds. The first kappa shape index (κ1) is 5.07. The highest BCUT2D eigenvalue weighted by molar-refractivity contribution is 4.70. The molecule has 1 aliphatic carbocycles. The van der Waals surface area contributed by atoms with Crippen LogP contribution in [-0.2, 0) is 0 Å². The summed E-state index contributed by atoms with van der Waals surface area (Å²) in [5.74, 6) is 0.648. The van der Waals surface area contributed by atoms with Gasteiger partial charge in [-0.1, -0.05) is 6.92 Å². The molecule has 0 heterocycles. The van der Waals surface area contributed by atoms with Crippen molar-refractivity contribution in [3.63, 3.8) is 0 Å². The predicted molar refractivity (Wildman–Crippen MR) is 27.9 cm³/mol. The molecule has 0 saturated heterocycles. The van der Waals surface area contributed by atoms with E-state index in [4.69, 9.17) is 0 Å². The van der Waals surface area contributed by atoms with Gasteiger partial charge in [0, 0.05) is 0 Å². The minimum Gasteiger partial charge on any atom is -0.247 e. The summed E-state index contributed by atoms with van der Waals surface area (Å²) in [5.41, 5.74) is 0. The van der Waals surface area contributed by atoms with E-state index in [-0.39, 0.29) is 0 Å². The van der Waals surface area contributed by atoms with Gasteiger partial charge in [0.25, 0.3) is 0 Å². The Morgan fingerprint density at radius 1 is 1.43 bits per heavy atom. The van der Waals surface area contributed by atoms with Gasteiger partial charge in [0.05, 0.1) is 0 Å². The average Bonchev–Trinajstić information content (AvgIpc) is 1.87. The zero-order valence-electron chi connectivity index (χ0n) is 4.65. The molecule has 42 valence electrons. The molecule has 0 aromatic heterocycles. The molecule has 2 unspecified atom stereocenters. The Hall–Kier alpha value is -0.0700. The Balaban J connectivity index is 2.26. The molecule has 0 bridgehead atoms. The lowest BCUT2D eigenvalue weighted by Gasteiger charge is -1.93. The Labute approximate surface area is 43.7 Å². The van der Waals surface area contributed by atoms with E-state index in [0.717, 1.165) is 19.3 Å². The summed E-state index contributed by atoms with van der Waals surface area (Å²) < 4.78 is 12.2. The smallest absolute Gasteiger partial charge is 0.100 e. The van der Waals surface area contributed by atoms with E-state index >= 15 is 0 Å². The Morgan fingerprint density at radius 2 is 2.14 bits per heavy atom. The molecule has 0 N–H and O–H groups in total. The summed E-state index contributed by atoms with van der Waals surface area (Å²) >= 11 is 0. The van der Waals surface area contributed by atoms with Crippen molar-refractivity contribution < 1.29 is 4.39 Å². The van der Waals surface area contributed by atoms with Gasteiger partial charge in [-0.3, -0.25) is 0 Å². The van der Waals surface area contributed by atoms with Crippen LogP contribution in [0, 0.1) is 5.92 Å². The Morgan fingerprint density at radius 3 is 2.29 bits per heavy atom. The molecule has 1 saturated carbocycles. The molecule has 0 aromatic carbocycles. The van der Waals surface area contributed by atoms with Crippen LogP contribution in [0.4, 0.5) is 4.39 Å². The summed E-state index contributed by atoms with van der Waals surface area (Å²) in [5, 5.41) is 0. The van der Waals surface area contributed by atoms with Crippen LogP contribution in [-0.4, -0.2) is 6.17 Å².